The van der Waals surface area contributed by atoms with Gasteiger partial charge in [-0.25, -0.2) is 0 Å². The number of nitrogens with zero attached hydrogens (tertiary/aromatic N) is 3. The van der Waals surface area contributed by atoms with Gasteiger partial charge in [0.1, 0.15) is 0 Å². The molecule has 2 heterocycles. The minimum absolute atomic E-state index is 0. The average Bonchev–Trinajstić information content (AvgIpc) is 3.08. The fourth-order valence-electron chi connectivity index (χ4n) is 2.41. The molecule has 6 nitrogen and oxygen atoms in total. The number of piperazine rings is 1. The van der Waals surface area contributed by atoms with Crippen LogP contribution in [0.15, 0.2) is 22.5 Å². The molecule has 1 fully saturated rings. The van der Waals surface area contributed by atoms with Crippen molar-refractivity contribution in [3.8, 4) is 0 Å². The predicted octanol–water partition coefficient (Wildman–Crippen LogP) is 1.59. The smallest absolute Gasteiger partial charge is 0.239 e. The summed E-state index contributed by atoms with van der Waals surface area (Å²) in [6, 6.07) is 4.24. The normalized spacial score (nSPS) is 15.1. The summed E-state index contributed by atoms with van der Waals surface area (Å²) in [4.78, 5) is 20.5. The van der Waals surface area contributed by atoms with E-state index < -0.39 is 0 Å². The van der Waals surface area contributed by atoms with Gasteiger partial charge in [-0.05, 0) is 23.9 Å². The number of hydrogen-bond donors (Lipinski definition) is 2. The van der Waals surface area contributed by atoms with Crippen LogP contribution in [0, 0.1) is 0 Å². The minimum atomic E-state index is 0. The summed E-state index contributed by atoms with van der Waals surface area (Å²) in [6.45, 7) is 6.81. The molecule has 1 aromatic heterocycles. The van der Waals surface area contributed by atoms with Crippen molar-refractivity contribution >= 4 is 52.2 Å². The number of nitrogens with one attached hydrogen (secondary N) is 2. The molecule has 1 aliphatic rings. The lowest BCUT2D eigenvalue weighted by Gasteiger charge is -2.36. The van der Waals surface area contributed by atoms with Crippen LogP contribution < -0.4 is 15.5 Å². The van der Waals surface area contributed by atoms with E-state index in [2.05, 4.69) is 42.9 Å². The van der Waals surface area contributed by atoms with Crippen molar-refractivity contribution in [2.75, 3.05) is 51.2 Å². The van der Waals surface area contributed by atoms with Crippen molar-refractivity contribution in [1.82, 2.24) is 15.5 Å². The quantitative estimate of drug-likeness (QED) is 0.406. The Hall–Kier alpha value is -1.03. The first-order valence-corrected chi connectivity index (χ1v) is 8.63. The highest BCUT2D eigenvalue weighted by Crippen LogP contribution is 2.22. The van der Waals surface area contributed by atoms with E-state index in [4.69, 9.17) is 0 Å². The SMILES string of the molecule is CCCNC(=O)CNC(=NC)N1CCN(c2cccs2)CC1.I. The van der Waals surface area contributed by atoms with Gasteiger partial charge in [0.2, 0.25) is 5.91 Å². The Kier molecular flexibility index (Phi) is 9.30. The second-order valence-corrected chi connectivity index (χ2v) is 6.10. The molecular weight excluding hydrogens is 425 g/mol. The van der Waals surface area contributed by atoms with Crippen LogP contribution in [-0.2, 0) is 4.79 Å². The predicted molar refractivity (Wildman–Crippen MR) is 108 cm³/mol. The fourth-order valence-corrected chi connectivity index (χ4v) is 3.19. The molecule has 0 bridgehead atoms. The highest BCUT2D eigenvalue weighted by molar-refractivity contribution is 14.0. The zero-order chi connectivity index (χ0) is 15.8. The summed E-state index contributed by atoms with van der Waals surface area (Å²) in [7, 11) is 1.76. The number of rotatable bonds is 5. The van der Waals surface area contributed by atoms with Crippen LogP contribution in [0.1, 0.15) is 13.3 Å². The molecule has 0 atom stereocenters. The number of guanidine groups is 1. The van der Waals surface area contributed by atoms with Crippen LogP contribution in [0.4, 0.5) is 5.00 Å². The molecule has 23 heavy (non-hydrogen) atoms. The van der Waals surface area contributed by atoms with Gasteiger partial charge in [0, 0.05) is 39.8 Å². The molecule has 0 aromatic carbocycles. The molecule has 1 amide bonds. The van der Waals surface area contributed by atoms with E-state index in [9.17, 15) is 4.79 Å². The third-order valence-corrected chi connectivity index (χ3v) is 4.52. The van der Waals surface area contributed by atoms with Gasteiger partial charge in [0.05, 0.1) is 11.5 Å². The Bertz CT molecular complexity index is 486. The lowest BCUT2D eigenvalue weighted by atomic mass is 10.3. The monoisotopic (exact) mass is 451 g/mol. The van der Waals surface area contributed by atoms with Gasteiger partial charge in [-0.2, -0.15) is 0 Å². The van der Waals surface area contributed by atoms with E-state index in [1.54, 1.807) is 18.4 Å². The largest absolute Gasteiger partial charge is 0.360 e. The maximum Gasteiger partial charge on any atom is 0.239 e. The van der Waals surface area contributed by atoms with Crippen molar-refractivity contribution in [2.24, 2.45) is 4.99 Å². The molecule has 1 aromatic rings. The fraction of sp³-hybridized carbons (Fsp3) is 0.600. The standard InChI is InChI=1S/C15H25N5OS.HI/c1-3-6-17-13(21)12-18-15(16-2)20-9-7-19(8-10-20)14-5-4-11-22-14;/h4-5,11H,3,6-10,12H2,1-2H3,(H,16,18)(H,17,21);1H. The van der Waals surface area contributed by atoms with E-state index >= 15 is 0 Å². The van der Waals surface area contributed by atoms with Gasteiger partial charge in [0.25, 0.3) is 0 Å². The summed E-state index contributed by atoms with van der Waals surface area (Å²) in [5.41, 5.74) is 0. The second kappa shape index (κ2) is 10.7. The third-order valence-electron chi connectivity index (χ3n) is 3.59. The number of carbonyl (C=O) groups is 1. The van der Waals surface area contributed by atoms with Crippen molar-refractivity contribution in [3.63, 3.8) is 0 Å². The van der Waals surface area contributed by atoms with E-state index in [1.165, 1.54) is 5.00 Å². The first kappa shape index (κ1) is 20.0. The number of carbonyl (C=O) groups excluding carboxylic acids is 1. The lowest BCUT2D eigenvalue weighted by Crippen LogP contribution is -2.53. The van der Waals surface area contributed by atoms with Gasteiger partial charge in [-0.1, -0.05) is 6.92 Å². The highest BCUT2D eigenvalue weighted by Gasteiger charge is 2.20. The number of amides is 1. The topological polar surface area (TPSA) is 60.0 Å². The van der Waals surface area contributed by atoms with Crippen LogP contribution >= 0.6 is 35.3 Å². The molecular formula is C15H26IN5OS. The zero-order valence-electron chi connectivity index (χ0n) is 13.7. The van der Waals surface area contributed by atoms with Gasteiger partial charge < -0.3 is 20.4 Å². The van der Waals surface area contributed by atoms with Crippen LogP contribution in [0.5, 0.6) is 0 Å². The zero-order valence-corrected chi connectivity index (χ0v) is 16.9. The summed E-state index contributed by atoms with van der Waals surface area (Å²) in [5, 5.41) is 9.43. The van der Waals surface area contributed by atoms with E-state index in [1.807, 2.05) is 6.92 Å². The van der Waals surface area contributed by atoms with E-state index in [-0.39, 0.29) is 36.4 Å². The Labute approximate surface area is 159 Å². The maximum atomic E-state index is 11.7. The maximum absolute atomic E-state index is 11.7. The van der Waals surface area contributed by atoms with Crippen molar-refractivity contribution in [3.05, 3.63) is 17.5 Å². The molecule has 0 radical (unpaired) electrons. The first-order valence-electron chi connectivity index (χ1n) is 7.75. The van der Waals surface area contributed by atoms with Gasteiger partial charge in [-0.15, -0.1) is 35.3 Å². The molecule has 130 valence electrons. The number of aliphatic imine (C=N–C) groups is 1. The summed E-state index contributed by atoms with van der Waals surface area (Å²) in [5.74, 6) is 0.817. The first-order chi connectivity index (χ1) is 10.7. The second-order valence-electron chi connectivity index (χ2n) is 5.18. The Morgan fingerprint density at radius 2 is 2.04 bits per heavy atom. The summed E-state index contributed by atoms with van der Waals surface area (Å²) < 4.78 is 0. The van der Waals surface area contributed by atoms with Gasteiger partial charge >= 0.3 is 0 Å². The molecule has 1 aliphatic heterocycles. The Morgan fingerprint density at radius 3 is 2.61 bits per heavy atom. The third kappa shape index (κ3) is 6.17. The number of halogens is 1. The van der Waals surface area contributed by atoms with Crippen LogP contribution in [-0.4, -0.2) is 63.1 Å². The lowest BCUT2D eigenvalue weighted by molar-refractivity contribution is -0.120. The van der Waals surface area contributed by atoms with Crippen LogP contribution in [0.3, 0.4) is 0 Å². The van der Waals surface area contributed by atoms with Crippen LogP contribution in [0.25, 0.3) is 0 Å². The average molecular weight is 451 g/mol. The molecule has 2 N–H and O–H groups in total. The number of anilines is 1. The molecule has 0 saturated carbocycles. The van der Waals surface area contributed by atoms with Crippen molar-refractivity contribution in [1.29, 1.82) is 0 Å². The van der Waals surface area contributed by atoms with E-state index in [0.29, 0.717) is 0 Å². The van der Waals surface area contributed by atoms with Gasteiger partial charge in [-0.3, -0.25) is 9.79 Å². The molecule has 0 aliphatic carbocycles. The van der Waals surface area contributed by atoms with Crippen molar-refractivity contribution in [2.45, 2.75) is 13.3 Å². The summed E-state index contributed by atoms with van der Waals surface area (Å²) >= 11 is 1.78. The minimum Gasteiger partial charge on any atom is -0.360 e. The number of hydrogen-bond acceptors (Lipinski definition) is 4. The molecule has 0 spiro atoms. The van der Waals surface area contributed by atoms with Gasteiger partial charge in [0.15, 0.2) is 5.96 Å². The molecule has 2 rings (SSSR count). The van der Waals surface area contributed by atoms with Crippen LogP contribution in [0.2, 0.25) is 0 Å². The summed E-state index contributed by atoms with van der Waals surface area (Å²) in [6.07, 6.45) is 0.950. The number of thiophene rings is 1. The Balaban J connectivity index is 0.00000264. The van der Waals surface area contributed by atoms with Crippen molar-refractivity contribution < 1.29 is 4.79 Å². The van der Waals surface area contributed by atoms with E-state index in [0.717, 1.165) is 45.1 Å². The highest BCUT2D eigenvalue weighted by atomic mass is 127. The molecule has 0 unspecified atom stereocenters. The molecule has 8 heteroatoms. The molecule has 1 saturated heterocycles. The Morgan fingerprint density at radius 1 is 1.30 bits per heavy atom.